The highest BCUT2D eigenvalue weighted by molar-refractivity contribution is 7.22. The molecule has 3 aromatic rings. The van der Waals surface area contributed by atoms with E-state index in [9.17, 15) is 4.79 Å². The van der Waals surface area contributed by atoms with Crippen molar-refractivity contribution in [3.8, 4) is 10.6 Å². The van der Waals surface area contributed by atoms with Gasteiger partial charge in [0.2, 0.25) is 11.9 Å². The number of carbonyl (C=O) groups excluding carboxylic acids is 1. The number of halogens is 3. The number of nitrogens with zero attached hydrogens (tertiary/aromatic N) is 3. The number of primary amides is 1. The summed E-state index contributed by atoms with van der Waals surface area (Å²) in [7, 11) is 2.18. The number of rotatable bonds is 6. The molecule has 3 heterocycles. The smallest absolute Gasteiger partial charge is 0.249 e. The number of hydrogen-bond donors (Lipinski definition) is 2. The SMILES string of the molecule is CN1CCC(CCNc2ncc(Cl)c(-c3cc4c(C(N)=O)cccc4s3)n2)CC1.Cl.Cl. The van der Waals surface area contributed by atoms with Gasteiger partial charge in [-0.15, -0.1) is 36.2 Å². The molecule has 4 rings (SSSR count). The molecule has 0 aliphatic carbocycles. The molecule has 0 unspecified atom stereocenters. The summed E-state index contributed by atoms with van der Waals surface area (Å²) in [4.78, 5) is 23.9. The Hall–Kier alpha value is -1.64. The van der Waals surface area contributed by atoms with E-state index in [0.29, 0.717) is 22.2 Å². The van der Waals surface area contributed by atoms with Crippen LogP contribution in [0.4, 0.5) is 5.95 Å². The van der Waals surface area contributed by atoms with Gasteiger partial charge in [-0.05, 0) is 63.5 Å². The number of benzene rings is 1. The maximum atomic E-state index is 11.7. The minimum absolute atomic E-state index is 0. The van der Waals surface area contributed by atoms with Crippen LogP contribution in [0.5, 0.6) is 0 Å². The fraction of sp³-hybridized carbons (Fsp3) is 0.381. The monoisotopic (exact) mass is 501 g/mol. The van der Waals surface area contributed by atoms with Crippen LogP contribution in [0.2, 0.25) is 5.02 Å². The lowest BCUT2D eigenvalue weighted by Crippen LogP contribution is -2.30. The number of piperidine rings is 1. The standard InChI is InChI=1S/C21H24ClN5OS.2ClH/c1-27-9-6-13(7-10-27)5-8-24-21-25-12-16(22)19(26-21)18-11-15-14(20(23)28)3-2-4-17(15)29-18;;/h2-4,11-13H,5-10H2,1H3,(H2,23,28)(H,24,25,26);2*1H. The largest absolute Gasteiger partial charge is 0.366 e. The molecule has 3 N–H and O–H groups in total. The maximum absolute atomic E-state index is 11.7. The highest BCUT2D eigenvalue weighted by Crippen LogP contribution is 2.37. The molecule has 1 aliphatic rings. The number of fused-ring (bicyclic) bond motifs is 1. The first-order valence-corrected chi connectivity index (χ1v) is 11.0. The number of carbonyl (C=O) groups is 1. The Balaban J connectivity index is 0.00000171. The lowest BCUT2D eigenvalue weighted by atomic mass is 9.94. The minimum Gasteiger partial charge on any atom is -0.366 e. The molecule has 6 nitrogen and oxygen atoms in total. The van der Waals surface area contributed by atoms with Crippen molar-refractivity contribution in [1.29, 1.82) is 0 Å². The average molecular weight is 503 g/mol. The molecule has 1 saturated heterocycles. The number of thiophene rings is 1. The first-order valence-electron chi connectivity index (χ1n) is 9.79. The van der Waals surface area contributed by atoms with Crippen molar-refractivity contribution >= 4 is 69.7 Å². The van der Waals surface area contributed by atoms with Gasteiger partial charge in [-0.1, -0.05) is 17.7 Å². The zero-order valence-electron chi connectivity index (χ0n) is 17.1. The van der Waals surface area contributed by atoms with E-state index >= 15 is 0 Å². The Labute approximate surface area is 203 Å². The minimum atomic E-state index is -0.440. The highest BCUT2D eigenvalue weighted by Gasteiger charge is 2.17. The zero-order valence-corrected chi connectivity index (χ0v) is 20.3. The summed E-state index contributed by atoms with van der Waals surface area (Å²) in [6, 6.07) is 7.46. The quantitative estimate of drug-likeness (QED) is 0.490. The molecule has 0 atom stereocenters. The number of amides is 1. The molecule has 0 spiro atoms. The molecule has 10 heteroatoms. The van der Waals surface area contributed by atoms with Crippen molar-refractivity contribution in [2.75, 3.05) is 32.0 Å². The average Bonchev–Trinajstić information content (AvgIpc) is 3.14. The van der Waals surface area contributed by atoms with Crippen LogP contribution in [0, 0.1) is 5.92 Å². The Kier molecular flexibility index (Phi) is 9.33. The number of hydrogen-bond acceptors (Lipinski definition) is 6. The van der Waals surface area contributed by atoms with E-state index in [2.05, 4.69) is 27.2 Å². The fourth-order valence-corrected chi connectivity index (χ4v) is 5.10. The van der Waals surface area contributed by atoms with E-state index in [0.717, 1.165) is 33.8 Å². The van der Waals surface area contributed by atoms with Crippen LogP contribution in [0.1, 0.15) is 29.6 Å². The Morgan fingerprint density at radius 3 is 2.77 bits per heavy atom. The van der Waals surface area contributed by atoms with Gasteiger partial charge in [0.1, 0.15) is 5.69 Å². The van der Waals surface area contributed by atoms with E-state index in [4.69, 9.17) is 17.3 Å². The van der Waals surface area contributed by atoms with Gasteiger partial charge in [-0.3, -0.25) is 4.79 Å². The number of anilines is 1. The van der Waals surface area contributed by atoms with E-state index in [1.807, 2.05) is 18.2 Å². The second kappa shape index (κ2) is 11.3. The molecule has 0 radical (unpaired) electrons. The summed E-state index contributed by atoms with van der Waals surface area (Å²) >= 11 is 7.92. The van der Waals surface area contributed by atoms with Gasteiger partial charge in [-0.2, -0.15) is 0 Å². The third-order valence-electron chi connectivity index (χ3n) is 5.48. The van der Waals surface area contributed by atoms with Crippen LogP contribution < -0.4 is 11.1 Å². The topological polar surface area (TPSA) is 84.1 Å². The second-order valence-corrected chi connectivity index (χ2v) is 9.04. The van der Waals surface area contributed by atoms with Crippen LogP contribution in [0.3, 0.4) is 0 Å². The molecule has 1 amide bonds. The molecule has 0 bridgehead atoms. The van der Waals surface area contributed by atoms with Gasteiger partial charge in [0.15, 0.2) is 0 Å². The van der Waals surface area contributed by atoms with Crippen molar-refractivity contribution in [2.24, 2.45) is 11.7 Å². The zero-order chi connectivity index (χ0) is 20.4. The number of likely N-dealkylation sites (tertiary alicyclic amines) is 1. The Bertz CT molecular complexity index is 1040. The summed E-state index contributed by atoms with van der Waals surface area (Å²) in [6.07, 6.45) is 5.23. The van der Waals surface area contributed by atoms with Crippen LogP contribution in [0.25, 0.3) is 20.7 Å². The van der Waals surface area contributed by atoms with Crippen molar-refractivity contribution in [3.63, 3.8) is 0 Å². The number of aromatic nitrogens is 2. The van der Waals surface area contributed by atoms with Crippen LogP contribution >= 0.6 is 47.8 Å². The van der Waals surface area contributed by atoms with Crippen molar-refractivity contribution in [2.45, 2.75) is 19.3 Å². The van der Waals surface area contributed by atoms with E-state index in [1.165, 1.54) is 37.3 Å². The Morgan fingerprint density at radius 2 is 2.06 bits per heavy atom. The third-order valence-corrected chi connectivity index (χ3v) is 6.86. The lowest BCUT2D eigenvalue weighted by Gasteiger charge is -2.28. The molecular formula is C21H26Cl3N5OS. The van der Waals surface area contributed by atoms with Gasteiger partial charge >= 0.3 is 0 Å². The predicted molar refractivity (Wildman–Crippen MR) is 134 cm³/mol. The summed E-state index contributed by atoms with van der Waals surface area (Å²) in [5.74, 6) is 0.884. The molecule has 1 aliphatic heterocycles. The van der Waals surface area contributed by atoms with Gasteiger partial charge in [0.25, 0.3) is 0 Å². The second-order valence-electron chi connectivity index (χ2n) is 7.54. The molecule has 0 saturated carbocycles. The predicted octanol–water partition coefficient (Wildman–Crippen LogP) is 5.10. The summed E-state index contributed by atoms with van der Waals surface area (Å²) in [6.45, 7) is 3.19. The molecule has 31 heavy (non-hydrogen) atoms. The molecule has 2 aromatic heterocycles. The molecule has 1 fully saturated rings. The van der Waals surface area contributed by atoms with E-state index < -0.39 is 5.91 Å². The van der Waals surface area contributed by atoms with Crippen LogP contribution in [0.15, 0.2) is 30.5 Å². The summed E-state index contributed by atoms with van der Waals surface area (Å²) in [5.41, 5.74) is 6.68. The van der Waals surface area contributed by atoms with E-state index in [-0.39, 0.29) is 24.8 Å². The number of nitrogens with two attached hydrogens (primary N) is 1. The number of nitrogens with one attached hydrogen (secondary N) is 1. The fourth-order valence-electron chi connectivity index (χ4n) is 3.76. The molecule has 1 aromatic carbocycles. The van der Waals surface area contributed by atoms with Crippen LogP contribution in [-0.4, -0.2) is 47.5 Å². The first kappa shape index (κ1) is 25.6. The molecular weight excluding hydrogens is 477 g/mol. The van der Waals surface area contributed by atoms with Crippen molar-refractivity contribution < 1.29 is 4.79 Å². The Morgan fingerprint density at radius 1 is 1.32 bits per heavy atom. The van der Waals surface area contributed by atoms with E-state index in [1.54, 1.807) is 12.3 Å². The summed E-state index contributed by atoms with van der Waals surface area (Å²) < 4.78 is 0.975. The molecule has 168 valence electrons. The van der Waals surface area contributed by atoms with Gasteiger partial charge in [0, 0.05) is 22.2 Å². The lowest BCUT2D eigenvalue weighted by molar-refractivity contribution is 0.100. The van der Waals surface area contributed by atoms with Crippen LogP contribution in [-0.2, 0) is 0 Å². The van der Waals surface area contributed by atoms with Gasteiger partial charge < -0.3 is 16.0 Å². The third kappa shape index (κ3) is 5.99. The van der Waals surface area contributed by atoms with Crippen molar-refractivity contribution in [3.05, 3.63) is 41.0 Å². The first-order chi connectivity index (χ1) is 14.0. The van der Waals surface area contributed by atoms with Crippen molar-refractivity contribution in [1.82, 2.24) is 14.9 Å². The van der Waals surface area contributed by atoms with Gasteiger partial charge in [0.05, 0.1) is 16.1 Å². The normalized spacial score (nSPS) is 14.6. The highest BCUT2D eigenvalue weighted by atomic mass is 35.5. The maximum Gasteiger partial charge on any atom is 0.249 e. The van der Waals surface area contributed by atoms with Gasteiger partial charge in [-0.25, -0.2) is 9.97 Å². The summed E-state index contributed by atoms with van der Waals surface area (Å²) in [5, 5.41) is 4.65.